The molecule has 1 amide bonds. The van der Waals surface area contributed by atoms with Crippen LogP contribution in [0.2, 0.25) is 10.0 Å². The maximum atomic E-state index is 12.0. The first-order chi connectivity index (χ1) is 9.56. The van der Waals surface area contributed by atoms with E-state index in [1.807, 2.05) is 0 Å². The molecule has 1 aromatic carbocycles. The highest BCUT2D eigenvalue weighted by Gasteiger charge is 2.17. The van der Waals surface area contributed by atoms with Crippen LogP contribution < -0.4 is 11.1 Å². The second-order valence-electron chi connectivity index (χ2n) is 5.10. The third kappa shape index (κ3) is 4.35. The summed E-state index contributed by atoms with van der Waals surface area (Å²) in [5.74, 6) is -0.0841. The molecule has 20 heavy (non-hydrogen) atoms. The number of benzene rings is 1. The number of rotatable bonds is 4. The Morgan fingerprint density at radius 2 is 2.10 bits per heavy atom. The van der Waals surface area contributed by atoms with Crippen LogP contribution in [0, 0.1) is 0 Å². The second kappa shape index (κ2) is 7.27. The number of nitrogens with two attached hydrogens (primary N) is 1. The molecule has 1 aromatic rings. The number of carbonyl (C=O) groups is 1. The maximum Gasteiger partial charge on any atom is 0.225 e. The lowest BCUT2D eigenvalue weighted by Gasteiger charge is -2.30. The van der Waals surface area contributed by atoms with Crippen LogP contribution in [0.15, 0.2) is 18.2 Å². The first-order valence-electron chi connectivity index (χ1n) is 6.78. The zero-order chi connectivity index (χ0) is 14.5. The largest absolute Gasteiger partial charge is 0.327 e. The van der Waals surface area contributed by atoms with Gasteiger partial charge in [0.1, 0.15) is 0 Å². The number of halogens is 2. The third-order valence-electron chi connectivity index (χ3n) is 3.42. The van der Waals surface area contributed by atoms with E-state index in [0.717, 1.165) is 25.9 Å². The fraction of sp³-hybridized carbons (Fsp3) is 0.500. The van der Waals surface area contributed by atoms with E-state index in [0.29, 0.717) is 28.7 Å². The Labute approximate surface area is 129 Å². The molecule has 110 valence electrons. The van der Waals surface area contributed by atoms with Gasteiger partial charge in [-0.05, 0) is 31.5 Å². The van der Waals surface area contributed by atoms with Crippen LogP contribution >= 0.6 is 23.2 Å². The van der Waals surface area contributed by atoms with Crippen molar-refractivity contribution >= 4 is 34.8 Å². The van der Waals surface area contributed by atoms with Crippen molar-refractivity contribution in [3.05, 3.63) is 28.2 Å². The molecule has 0 saturated carbocycles. The summed E-state index contributed by atoms with van der Waals surface area (Å²) in [6.45, 7) is 2.58. The molecule has 3 N–H and O–H groups in total. The SMILES string of the molecule is NC1CCCN(CCC(=O)Nc2c(Cl)cccc2Cl)C1. The van der Waals surface area contributed by atoms with Gasteiger partial charge in [-0.15, -0.1) is 0 Å². The van der Waals surface area contributed by atoms with Gasteiger partial charge in [0.25, 0.3) is 0 Å². The highest BCUT2D eigenvalue weighted by molar-refractivity contribution is 6.39. The Bertz CT molecular complexity index is 461. The minimum atomic E-state index is -0.0841. The molecule has 1 aliphatic heterocycles. The van der Waals surface area contributed by atoms with Gasteiger partial charge < -0.3 is 16.0 Å². The summed E-state index contributed by atoms with van der Waals surface area (Å²) in [5.41, 5.74) is 6.40. The maximum absolute atomic E-state index is 12.0. The summed E-state index contributed by atoms with van der Waals surface area (Å²) in [6.07, 6.45) is 2.57. The second-order valence-corrected chi connectivity index (χ2v) is 5.91. The van der Waals surface area contributed by atoms with Gasteiger partial charge in [-0.3, -0.25) is 4.79 Å². The molecule has 4 nitrogen and oxygen atoms in total. The number of para-hydroxylation sites is 1. The number of piperidine rings is 1. The predicted molar refractivity (Wildman–Crippen MR) is 83.4 cm³/mol. The van der Waals surface area contributed by atoms with Gasteiger partial charge in [0, 0.05) is 25.6 Å². The van der Waals surface area contributed by atoms with Gasteiger partial charge in [-0.25, -0.2) is 0 Å². The van der Waals surface area contributed by atoms with Crippen molar-refractivity contribution in [2.75, 3.05) is 25.0 Å². The lowest BCUT2D eigenvalue weighted by molar-refractivity contribution is -0.116. The number of hydrogen-bond donors (Lipinski definition) is 2. The molecular weight excluding hydrogens is 297 g/mol. The van der Waals surface area contributed by atoms with E-state index in [-0.39, 0.29) is 11.9 Å². The number of nitrogens with zero attached hydrogens (tertiary/aromatic N) is 1. The van der Waals surface area contributed by atoms with E-state index < -0.39 is 0 Å². The molecule has 1 fully saturated rings. The molecule has 1 unspecified atom stereocenters. The molecule has 1 heterocycles. The van der Waals surface area contributed by atoms with E-state index in [1.54, 1.807) is 18.2 Å². The van der Waals surface area contributed by atoms with Crippen molar-refractivity contribution in [2.24, 2.45) is 5.73 Å². The minimum Gasteiger partial charge on any atom is -0.327 e. The number of carbonyl (C=O) groups excluding carboxylic acids is 1. The van der Waals surface area contributed by atoms with Crippen LogP contribution in [0.5, 0.6) is 0 Å². The van der Waals surface area contributed by atoms with Gasteiger partial charge in [0.05, 0.1) is 15.7 Å². The van der Waals surface area contributed by atoms with Crippen LogP contribution in [0.25, 0.3) is 0 Å². The van der Waals surface area contributed by atoms with Crippen molar-refractivity contribution in [1.82, 2.24) is 4.90 Å². The standard InChI is InChI=1S/C14H19Cl2N3O/c15-11-4-1-5-12(16)14(11)18-13(20)6-8-19-7-2-3-10(17)9-19/h1,4-5,10H,2-3,6-9,17H2,(H,18,20). The van der Waals surface area contributed by atoms with Crippen LogP contribution in [-0.2, 0) is 4.79 Å². The first kappa shape index (κ1) is 15.6. The highest BCUT2D eigenvalue weighted by atomic mass is 35.5. The van der Waals surface area contributed by atoms with Crippen molar-refractivity contribution in [2.45, 2.75) is 25.3 Å². The summed E-state index contributed by atoms with van der Waals surface area (Å²) >= 11 is 12.0. The van der Waals surface area contributed by atoms with Gasteiger partial charge in [0.15, 0.2) is 0 Å². The average molecular weight is 316 g/mol. The lowest BCUT2D eigenvalue weighted by atomic mass is 10.1. The number of likely N-dealkylation sites (tertiary alicyclic amines) is 1. The molecule has 0 radical (unpaired) electrons. The van der Waals surface area contributed by atoms with E-state index in [2.05, 4.69) is 10.2 Å². The monoisotopic (exact) mass is 315 g/mol. The van der Waals surface area contributed by atoms with Crippen LogP contribution in [0.3, 0.4) is 0 Å². The van der Waals surface area contributed by atoms with E-state index in [9.17, 15) is 4.79 Å². The molecule has 0 aliphatic carbocycles. The van der Waals surface area contributed by atoms with Gasteiger partial charge in [-0.2, -0.15) is 0 Å². The summed E-state index contributed by atoms with van der Waals surface area (Å²) in [6, 6.07) is 5.37. The Morgan fingerprint density at radius 1 is 1.40 bits per heavy atom. The molecule has 0 aromatic heterocycles. The van der Waals surface area contributed by atoms with E-state index in [1.165, 1.54) is 0 Å². The van der Waals surface area contributed by atoms with Gasteiger partial charge >= 0.3 is 0 Å². The Hall–Kier alpha value is -0.810. The molecule has 2 rings (SSSR count). The number of nitrogens with one attached hydrogen (secondary N) is 1. The smallest absolute Gasteiger partial charge is 0.225 e. The third-order valence-corrected chi connectivity index (χ3v) is 4.05. The van der Waals surface area contributed by atoms with Gasteiger partial charge in [-0.1, -0.05) is 29.3 Å². The lowest BCUT2D eigenvalue weighted by Crippen LogP contribution is -2.43. The minimum absolute atomic E-state index is 0.0841. The van der Waals surface area contributed by atoms with Crippen LogP contribution in [0.4, 0.5) is 5.69 Å². The number of hydrogen-bond acceptors (Lipinski definition) is 3. The average Bonchev–Trinajstić information content (AvgIpc) is 2.41. The normalized spacial score (nSPS) is 19.9. The quantitative estimate of drug-likeness (QED) is 0.898. The van der Waals surface area contributed by atoms with E-state index in [4.69, 9.17) is 28.9 Å². The molecule has 1 atom stereocenters. The summed E-state index contributed by atoms with van der Waals surface area (Å²) in [5, 5.41) is 3.67. The topological polar surface area (TPSA) is 58.4 Å². The molecular formula is C14H19Cl2N3O. The van der Waals surface area contributed by atoms with Crippen molar-refractivity contribution in [1.29, 1.82) is 0 Å². The number of amides is 1. The fourth-order valence-corrected chi connectivity index (χ4v) is 2.87. The summed E-state index contributed by atoms with van der Waals surface area (Å²) in [7, 11) is 0. The fourth-order valence-electron chi connectivity index (χ4n) is 2.37. The molecule has 0 bridgehead atoms. The Kier molecular flexibility index (Phi) is 5.66. The summed E-state index contributed by atoms with van der Waals surface area (Å²) < 4.78 is 0. The Morgan fingerprint density at radius 3 is 2.75 bits per heavy atom. The van der Waals surface area contributed by atoms with E-state index >= 15 is 0 Å². The number of anilines is 1. The molecule has 0 spiro atoms. The van der Waals surface area contributed by atoms with Crippen molar-refractivity contribution in [3.8, 4) is 0 Å². The summed E-state index contributed by atoms with van der Waals surface area (Å²) in [4.78, 5) is 14.2. The molecule has 1 saturated heterocycles. The molecule has 6 heteroatoms. The molecule has 1 aliphatic rings. The van der Waals surface area contributed by atoms with Crippen molar-refractivity contribution in [3.63, 3.8) is 0 Å². The highest BCUT2D eigenvalue weighted by Crippen LogP contribution is 2.29. The predicted octanol–water partition coefficient (Wildman–Crippen LogP) is 2.75. The zero-order valence-electron chi connectivity index (χ0n) is 11.2. The zero-order valence-corrected chi connectivity index (χ0v) is 12.8. The van der Waals surface area contributed by atoms with Gasteiger partial charge in [0.2, 0.25) is 5.91 Å². The van der Waals surface area contributed by atoms with Crippen molar-refractivity contribution < 1.29 is 4.79 Å². The first-order valence-corrected chi connectivity index (χ1v) is 7.53. The van der Waals surface area contributed by atoms with Crippen LogP contribution in [-0.4, -0.2) is 36.5 Å². The van der Waals surface area contributed by atoms with Crippen LogP contribution in [0.1, 0.15) is 19.3 Å². The Balaban J connectivity index is 1.83.